The topological polar surface area (TPSA) is 88.4 Å². The first-order valence-electron chi connectivity index (χ1n) is 9.37. The first-order valence-corrected chi connectivity index (χ1v) is 10.5. The number of phenolic OH excluding ortho intramolecular Hbond substituents is 1. The van der Waals surface area contributed by atoms with Gasteiger partial charge >= 0.3 is 0 Å². The van der Waals surface area contributed by atoms with Crippen molar-refractivity contribution in [3.05, 3.63) is 59.7 Å². The van der Waals surface area contributed by atoms with Crippen molar-refractivity contribution in [2.24, 2.45) is 4.40 Å². The molecule has 0 bridgehead atoms. The Morgan fingerprint density at radius 3 is 2.45 bits per heavy atom. The third-order valence-corrected chi connectivity index (χ3v) is 5.52. The van der Waals surface area contributed by atoms with E-state index in [0.717, 1.165) is 5.56 Å². The number of aromatic hydroxyl groups is 1. The minimum Gasteiger partial charge on any atom is -0.507 e. The number of benzene rings is 2. The first-order chi connectivity index (χ1) is 13.7. The SMILES string of the molecule is COc1ccc(/C(C[C@@H](O)COCc2ccccc2)=N/S(=O)C(C)(C)C)c(O)c1. The van der Waals surface area contributed by atoms with Gasteiger partial charge in [-0.05, 0) is 38.5 Å². The van der Waals surface area contributed by atoms with Crippen LogP contribution in [-0.4, -0.2) is 44.7 Å². The molecular weight excluding hydrogens is 390 g/mol. The van der Waals surface area contributed by atoms with Crippen molar-refractivity contribution in [3.8, 4) is 11.5 Å². The summed E-state index contributed by atoms with van der Waals surface area (Å²) in [4.78, 5) is 0. The van der Waals surface area contributed by atoms with Gasteiger partial charge in [-0.15, -0.1) is 0 Å². The quantitative estimate of drug-likeness (QED) is 0.606. The average Bonchev–Trinajstić information content (AvgIpc) is 2.67. The Morgan fingerprint density at radius 2 is 1.86 bits per heavy atom. The number of hydrogen-bond acceptors (Lipinski definition) is 5. The molecule has 2 atom stereocenters. The lowest BCUT2D eigenvalue weighted by atomic mass is 10.0. The summed E-state index contributed by atoms with van der Waals surface area (Å²) in [7, 11) is -0.0356. The van der Waals surface area contributed by atoms with E-state index < -0.39 is 21.8 Å². The molecule has 0 aliphatic carbocycles. The summed E-state index contributed by atoms with van der Waals surface area (Å²) in [6.45, 7) is 5.92. The summed E-state index contributed by atoms with van der Waals surface area (Å²) >= 11 is 0. The van der Waals surface area contributed by atoms with Gasteiger partial charge in [-0.25, -0.2) is 4.21 Å². The van der Waals surface area contributed by atoms with Gasteiger partial charge in [0.1, 0.15) is 22.5 Å². The summed E-state index contributed by atoms with van der Waals surface area (Å²) in [6.07, 6.45) is -0.771. The van der Waals surface area contributed by atoms with Crippen molar-refractivity contribution in [1.82, 2.24) is 0 Å². The highest BCUT2D eigenvalue weighted by Gasteiger charge is 2.22. The van der Waals surface area contributed by atoms with Crippen LogP contribution < -0.4 is 4.74 Å². The predicted molar refractivity (Wildman–Crippen MR) is 116 cm³/mol. The van der Waals surface area contributed by atoms with Crippen LogP contribution in [0.1, 0.15) is 38.3 Å². The third kappa shape index (κ3) is 7.27. The molecule has 2 aromatic rings. The molecule has 2 rings (SSSR count). The number of methoxy groups -OCH3 is 1. The van der Waals surface area contributed by atoms with Crippen LogP contribution in [0, 0.1) is 0 Å². The van der Waals surface area contributed by atoms with Crippen molar-refractivity contribution in [2.75, 3.05) is 13.7 Å². The zero-order valence-corrected chi connectivity index (χ0v) is 18.1. The molecule has 0 aliphatic heterocycles. The van der Waals surface area contributed by atoms with Crippen LogP contribution in [0.25, 0.3) is 0 Å². The van der Waals surface area contributed by atoms with E-state index in [1.165, 1.54) is 13.2 Å². The maximum Gasteiger partial charge on any atom is 0.145 e. The molecule has 0 radical (unpaired) electrons. The molecule has 0 amide bonds. The molecule has 2 N–H and O–H groups in total. The molecular formula is C22H29NO5S. The number of phenols is 1. The molecule has 0 aliphatic rings. The van der Waals surface area contributed by atoms with E-state index in [1.54, 1.807) is 12.1 Å². The van der Waals surface area contributed by atoms with E-state index in [9.17, 15) is 14.4 Å². The van der Waals surface area contributed by atoms with E-state index in [-0.39, 0.29) is 18.8 Å². The second-order valence-electron chi connectivity index (χ2n) is 7.64. The number of nitrogens with zero attached hydrogens (tertiary/aromatic N) is 1. The largest absolute Gasteiger partial charge is 0.507 e. The molecule has 0 fully saturated rings. The molecule has 0 aromatic heterocycles. The Labute approximate surface area is 174 Å². The monoisotopic (exact) mass is 419 g/mol. The van der Waals surface area contributed by atoms with Crippen LogP contribution in [0.5, 0.6) is 11.5 Å². The predicted octanol–water partition coefficient (Wildman–Crippen LogP) is 3.62. The van der Waals surface area contributed by atoms with Gasteiger partial charge in [-0.2, -0.15) is 4.40 Å². The molecule has 0 saturated carbocycles. The van der Waals surface area contributed by atoms with Crippen LogP contribution in [-0.2, 0) is 22.3 Å². The van der Waals surface area contributed by atoms with Crippen LogP contribution >= 0.6 is 0 Å². The lowest BCUT2D eigenvalue weighted by molar-refractivity contribution is 0.0322. The van der Waals surface area contributed by atoms with Gasteiger partial charge in [0.15, 0.2) is 0 Å². The Morgan fingerprint density at radius 1 is 1.17 bits per heavy atom. The third-order valence-electron chi connectivity index (χ3n) is 4.08. The Bertz CT molecular complexity index is 846. The van der Waals surface area contributed by atoms with Crippen molar-refractivity contribution >= 4 is 16.7 Å². The van der Waals surface area contributed by atoms with E-state index >= 15 is 0 Å². The van der Waals surface area contributed by atoms with Gasteiger partial charge in [0.25, 0.3) is 0 Å². The highest BCUT2D eigenvalue weighted by Crippen LogP contribution is 2.26. The van der Waals surface area contributed by atoms with E-state index in [0.29, 0.717) is 23.6 Å². The molecule has 0 heterocycles. The highest BCUT2D eigenvalue weighted by atomic mass is 32.2. The summed E-state index contributed by atoms with van der Waals surface area (Å²) < 4.78 is 27.0. The summed E-state index contributed by atoms with van der Waals surface area (Å²) in [5.74, 6) is 0.445. The Balaban J connectivity index is 2.15. The average molecular weight is 420 g/mol. The molecule has 6 nitrogen and oxygen atoms in total. The smallest absolute Gasteiger partial charge is 0.145 e. The lowest BCUT2D eigenvalue weighted by Crippen LogP contribution is -2.24. The Hall–Kier alpha value is -2.22. The molecule has 2 aromatic carbocycles. The van der Waals surface area contributed by atoms with Gasteiger partial charge in [0.05, 0.1) is 36.9 Å². The summed E-state index contributed by atoms with van der Waals surface area (Å²) in [6, 6.07) is 14.5. The maximum absolute atomic E-state index is 12.6. The Kier molecular flexibility index (Phi) is 8.37. The van der Waals surface area contributed by atoms with Gasteiger partial charge in [-0.3, -0.25) is 0 Å². The minimum absolute atomic E-state index is 0.0496. The normalized spacial score (nSPS) is 14.4. The summed E-state index contributed by atoms with van der Waals surface area (Å²) in [5, 5.41) is 20.8. The number of hydrogen-bond donors (Lipinski definition) is 2. The fourth-order valence-corrected chi connectivity index (χ4v) is 3.13. The van der Waals surface area contributed by atoms with E-state index in [1.807, 2.05) is 51.1 Å². The van der Waals surface area contributed by atoms with Crippen molar-refractivity contribution in [3.63, 3.8) is 0 Å². The number of aliphatic hydroxyl groups excluding tert-OH is 1. The zero-order valence-electron chi connectivity index (χ0n) is 17.3. The van der Waals surface area contributed by atoms with E-state index in [4.69, 9.17) is 9.47 Å². The van der Waals surface area contributed by atoms with E-state index in [2.05, 4.69) is 4.40 Å². The summed E-state index contributed by atoms with van der Waals surface area (Å²) in [5.41, 5.74) is 1.77. The zero-order chi connectivity index (χ0) is 21.4. The number of rotatable bonds is 9. The van der Waals surface area contributed by atoms with Crippen molar-refractivity contribution < 1.29 is 23.9 Å². The van der Waals surface area contributed by atoms with Crippen LogP contribution in [0.2, 0.25) is 0 Å². The maximum atomic E-state index is 12.6. The first kappa shape index (κ1) is 23.1. The van der Waals surface area contributed by atoms with Crippen LogP contribution in [0.15, 0.2) is 52.9 Å². The second kappa shape index (κ2) is 10.5. The molecule has 1 unspecified atom stereocenters. The van der Waals surface area contributed by atoms with Gasteiger partial charge < -0.3 is 19.7 Å². The van der Waals surface area contributed by atoms with Gasteiger partial charge in [0.2, 0.25) is 0 Å². The molecule has 0 spiro atoms. The minimum atomic E-state index is -1.54. The highest BCUT2D eigenvalue weighted by molar-refractivity contribution is 7.85. The molecule has 0 saturated heterocycles. The number of ether oxygens (including phenoxy) is 2. The van der Waals surface area contributed by atoms with Gasteiger partial charge in [-0.1, -0.05) is 30.3 Å². The standard InChI is InChI=1S/C22H29NO5S/c1-22(2,3)29(26)23-20(19-11-10-18(27-4)13-21(19)25)12-17(24)15-28-14-16-8-6-5-7-9-16/h5-11,13,17,24-25H,12,14-15H2,1-4H3/b23-20+/t17-,29?/m1/s1. The fourth-order valence-electron chi connectivity index (χ4n) is 2.49. The number of aliphatic hydroxyl groups is 1. The van der Waals surface area contributed by atoms with Crippen LogP contribution in [0.3, 0.4) is 0 Å². The van der Waals surface area contributed by atoms with Gasteiger partial charge in [0, 0.05) is 18.1 Å². The second-order valence-corrected chi connectivity index (χ2v) is 9.55. The molecule has 158 valence electrons. The van der Waals surface area contributed by atoms with Crippen molar-refractivity contribution in [1.29, 1.82) is 0 Å². The molecule has 7 heteroatoms. The van der Waals surface area contributed by atoms with Crippen LogP contribution in [0.4, 0.5) is 0 Å². The lowest BCUT2D eigenvalue weighted by Gasteiger charge is -2.18. The fraction of sp³-hybridized carbons (Fsp3) is 0.409. The molecule has 29 heavy (non-hydrogen) atoms. The van der Waals surface area contributed by atoms with Crippen molar-refractivity contribution in [2.45, 2.75) is 44.6 Å².